The van der Waals surface area contributed by atoms with Crippen LogP contribution < -0.4 is 11.5 Å². The van der Waals surface area contributed by atoms with Gasteiger partial charge in [-0.05, 0) is 19.4 Å². The molecule has 2 unspecified atom stereocenters. The molecule has 108 valence electrons. The third-order valence-corrected chi connectivity index (χ3v) is 2.66. The van der Waals surface area contributed by atoms with Crippen LogP contribution in [0, 0.1) is 5.92 Å². The van der Waals surface area contributed by atoms with Crippen LogP contribution >= 0.6 is 0 Å². The molecule has 0 bridgehead atoms. The summed E-state index contributed by atoms with van der Waals surface area (Å²) in [4.78, 5) is 12.9. The van der Waals surface area contributed by atoms with Gasteiger partial charge in [0, 0.05) is 19.0 Å². The molecule has 0 aliphatic rings. The number of nitrogens with two attached hydrogens (primary N) is 2. The van der Waals surface area contributed by atoms with E-state index in [1.54, 1.807) is 0 Å². The number of hydrogen-bond acceptors (Lipinski definition) is 6. The summed E-state index contributed by atoms with van der Waals surface area (Å²) in [5.74, 6) is 0.0163. The van der Waals surface area contributed by atoms with Crippen molar-refractivity contribution in [2.45, 2.75) is 26.0 Å². The quantitative estimate of drug-likeness (QED) is 0.399. The molecule has 6 N–H and O–H groups in total. The zero-order valence-corrected chi connectivity index (χ0v) is 10.9. The van der Waals surface area contributed by atoms with Crippen molar-refractivity contribution in [3.8, 4) is 0 Å². The fourth-order valence-electron chi connectivity index (χ4n) is 1.45. The number of ether oxygens (including phenoxy) is 1. The van der Waals surface area contributed by atoms with E-state index in [0.717, 1.165) is 12.8 Å². The first-order valence-electron chi connectivity index (χ1n) is 6.19. The normalized spacial score (nSPS) is 14.1. The molecule has 0 aromatic carbocycles. The third-order valence-electron chi connectivity index (χ3n) is 2.66. The first kappa shape index (κ1) is 17.1. The van der Waals surface area contributed by atoms with E-state index in [2.05, 4.69) is 0 Å². The highest BCUT2D eigenvalue weighted by atomic mass is 16.6. The Labute approximate surface area is 108 Å². The predicted molar refractivity (Wildman–Crippen MR) is 67.7 cm³/mol. The molecule has 0 spiro atoms. The Kier molecular flexibility index (Phi) is 9.57. The van der Waals surface area contributed by atoms with Crippen molar-refractivity contribution in [3.63, 3.8) is 0 Å². The number of aliphatic hydroxyl groups is 2. The van der Waals surface area contributed by atoms with Gasteiger partial charge in [0.1, 0.15) is 0 Å². The van der Waals surface area contributed by atoms with Crippen molar-refractivity contribution in [3.05, 3.63) is 0 Å². The average Bonchev–Trinajstić information content (AvgIpc) is 2.35. The monoisotopic (exact) mass is 263 g/mol. The van der Waals surface area contributed by atoms with Gasteiger partial charge in [0.2, 0.25) is 0 Å². The minimum absolute atomic E-state index is 0.0163. The van der Waals surface area contributed by atoms with Gasteiger partial charge in [-0.3, -0.25) is 5.73 Å². The number of carbonyl (C=O) groups excluding carboxylic acids is 1. The molecule has 1 amide bonds. The van der Waals surface area contributed by atoms with Crippen LogP contribution in [0.15, 0.2) is 0 Å². The highest BCUT2D eigenvalue weighted by Gasteiger charge is 2.20. The number of nitrogens with zero attached hydrogens (tertiary/aromatic N) is 1. The number of rotatable bonds is 9. The van der Waals surface area contributed by atoms with Gasteiger partial charge in [0.15, 0.2) is 6.23 Å². The lowest BCUT2D eigenvalue weighted by molar-refractivity contribution is 0.0320. The van der Waals surface area contributed by atoms with Gasteiger partial charge in [0.05, 0.1) is 13.2 Å². The molecule has 0 saturated carbocycles. The van der Waals surface area contributed by atoms with E-state index in [1.807, 2.05) is 6.92 Å². The standard InChI is InChI=1S/C11H25N3O4/c1-9(3-2-4-12)10(13)18-11(17)14(5-7-15)6-8-16/h9-10,15-16H,2-8,12-13H2,1H3. The fourth-order valence-corrected chi connectivity index (χ4v) is 1.45. The van der Waals surface area contributed by atoms with Crippen molar-refractivity contribution >= 4 is 6.09 Å². The average molecular weight is 263 g/mol. The van der Waals surface area contributed by atoms with Crippen molar-refractivity contribution in [1.82, 2.24) is 4.90 Å². The lowest BCUT2D eigenvalue weighted by Gasteiger charge is -2.25. The van der Waals surface area contributed by atoms with Crippen molar-refractivity contribution in [2.75, 3.05) is 32.8 Å². The van der Waals surface area contributed by atoms with Gasteiger partial charge in [0.25, 0.3) is 0 Å². The van der Waals surface area contributed by atoms with Gasteiger partial charge in [-0.15, -0.1) is 0 Å². The van der Waals surface area contributed by atoms with Crippen LogP contribution in [0.1, 0.15) is 19.8 Å². The predicted octanol–water partition coefficient (Wildman–Crippen LogP) is -0.931. The Hall–Kier alpha value is -0.890. The Morgan fingerprint density at radius 2 is 1.89 bits per heavy atom. The molecule has 0 aromatic rings. The van der Waals surface area contributed by atoms with E-state index >= 15 is 0 Å². The highest BCUT2D eigenvalue weighted by Crippen LogP contribution is 2.11. The number of amides is 1. The molecular weight excluding hydrogens is 238 g/mol. The van der Waals surface area contributed by atoms with E-state index in [9.17, 15) is 4.79 Å². The molecule has 0 saturated heterocycles. The molecule has 0 radical (unpaired) electrons. The minimum atomic E-state index is -0.705. The van der Waals surface area contributed by atoms with Crippen LogP contribution in [-0.4, -0.2) is 60.3 Å². The lowest BCUT2D eigenvalue weighted by atomic mass is 10.0. The second kappa shape index (κ2) is 10.1. The van der Waals surface area contributed by atoms with E-state index in [0.29, 0.717) is 6.54 Å². The lowest BCUT2D eigenvalue weighted by Crippen LogP contribution is -2.42. The molecule has 0 aliphatic heterocycles. The Bertz CT molecular complexity index is 222. The summed E-state index contributed by atoms with van der Waals surface area (Å²) in [6.07, 6.45) is 0.281. The highest BCUT2D eigenvalue weighted by molar-refractivity contribution is 5.67. The smallest absolute Gasteiger partial charge is 0.411 e. The van der Waals surface area contributed by atoms with Gasteiger partial charge < -0.3 is 25.6 Å². The molecule has 0 fully saturated rings. The van der Waals surface area contributed by atoms with E-state index < -0.39 is 12.3 Å². The SMILES string of the molecule is CC(CCCN)C(N)OC(=O)N(CCO)CCO. The molecule has 7 nitrogen and oxygen atoms in total. The molecular formula is C11H25N3O4. The van der Waals surface area contributed by atoms with Crippen LogP contribution in [0.4, 0.5) is 4.79 Å². The van der Waals surface area contributed by atoms with E-state index in [1.165, 1.54) is 4.90 Å². The summed E-state index contributed by atoms with van der Waals surface area (Å²) in [7, 11) is 0. The van der Waals surface area contributed by atoms with Crippen LogP contribution in [0.5, 0.6) is 0 Å². The molecule has 0 aromatic heterocycles. The fraction of sp³-hybridized carbons (Fsp3) is 0.909. The number of hydrogen-bond donors (Lipinski definition) is 4. The second-order valence-electron chi connectivity index (χ2n) is 4.19. The van der Waals surface area contributed by atoms with Gasteiger partial charge in [-0.1, -0.05) is 6.92 Å². The summed E-state index contributed by atoms with van der Waals surface area (Å²) in [5.41, 5.74) is 11.1. The van der Waals surface area contributed by atoms with E-state index in [4.69, 9.17) is 26.4 Å². The van der Waals surface area contributed by atoms with E-state index in [-0.39, 0.29) is 32.2 Å². The molecule has 0 heterocycles. The maximum atomic E-state index is 11.7. The van der Waals surface area contributed by atoms with Crippen molar-refractivity contribution < 1.29 is 19.7 Å². The molecule has 0 rings (SSSR count). The van der Waals surface area contributed by atoms with Crippen molar-refractivity contribution in [1.29, 1.82) is 0 Å². The molecule has 18 heavy (non-hydrogen) atoms. The van der Waals surface area contributed by atoms with Crippen molar-refractivity contribution in [2.24, 2.45) is 17.4 Å². The van der Waals surface area contributed by atoms with Gasteiger partial charge >= 0.3 is 6.09 Å². The van der Waals surface area contributed by atoms with Gasteiger partial charge in [-0.2, -0.15) is 0 Å². The topological polar surface area (TPSA) is 122 Å². The summed E-state index contributed by atoms with van der Waals surface area (Å²) >= 11 is 0. The summed E-state index contributed by atoms with van der Waals surface area (Å²) in [6, 6.07) is 0. The number of carbonyl (C=O) groups is 1. The number of aliphatic hydroxyl groups excluding tert-OH is 2. The van der Waals surface area contributed by atoms with Crippen LogP contribution in [0.2, 0.25) is 0 Å². The maximum absolute atomic E-state index is 11.7. The minimum Gasteiger partial charge on any atom is -0.430 e. The Balaban J connectivity index is 4.16. The van der Waals surface area contributed by atoms with Crippen LogP contribution in [-0.2, 0) is 4.74 Å². The third kappa shape index (κ3) is 6.75. The zero-order valence-electron chi connectivity index (χ0n) is 10.9. The zero-order chi connectivity index (χ0) is 14.0. The summed E-state index contributed by atoms with van der Waals surface area (Å²) in [6.45, 7) is 2.31. The van der Waals surface area contributed by atoms with Gasteiger partial charge in [-0.25, -0.2) is 4.79 Å². The molecule has 2 atom stereocenters. The Morgan fingerprint density at radius 3 is 2.33 bits per heavy atom. The first-order chi connectivity index (χ1) is 8.56. The second-order valence-corrected chi connectivity index (χ2v) is 4.19. The maximum Gasteiger partial charge on any atom is 0.411 e. The van der Waals surface area contributed by atoms with Crippen LogP contribution in [0.3, 0.4) is 0 Å². The largest absolute Gasteiger partial charge is 0.430 e. The molecule has 0 aliphatic carbocycles. The first-order valence-corrected chi connectivity index (χ1v) is 6.19. The summed E-state index contributed by atoms with van der Waals surface area (Å²) in [5, 5.41) is 17.6. The Morgan fingerprint density at radius 1 is 1.33 bits per heavy atom. The van der Waals surface area contributed by atoms with Crippen LogP contribution in [0.25, 0.3) is 0 Å². The molecule has 7 heteroatoms. The summed E-state index contributed by atoms with van der Waals surface area (Å²) < 4.78 is 5.08.